The van der Waals surface area contributed by atoms with Crippen molar-refractivity contribution < 1.29 is 0 Å². The summed E-state index contributed by atoms with van der Waals surface area (Å²) < 4.78 is 0. The highest BCUT2D eigenvalue weighted by Gasteiger charge is 2.20. The third-order valence-electron chi connectivity index (χ3n) is 3.26. The summed E-state index contributed by atoms with van der Waals surface area (Å²) in [4.78, 5) is 11.0. The molecule has 4 nitrogen and oxygen atoms in total. The average molecular weight is 295 g/mol. The Bertz CT molecular complexity index is 506. The predicted molar refractivity (Wildman–Crippen MR) is 80.2 cm³/mol. The summed E-state index contributed by atoms with van der Waals surface area (Å²) in [6.07, 6.45) is 5.74. The summed E-state index contributed by atoms with van der Waals surface area (Å²) in [5.74, 6) is 0.900. The lowest BCUT2D eigenvalue weighted by atomic mass is 10.1. The van der Waals surface area contributed by atoms with Crippen LogP contribution in [0.5, 0.6) is 0 Å². The van der Waals surface area contributed by atoms with E-state index < -0.39 is 0 Å². The Morgan fingerprint density at radius 3 is 2.74 bits per heavy atom. The molecule has 6 heteroatoms. The van der Waals surface area contributed by atoms with Crippen molar-refractivity contribution in [2.45, 2.75) is 18.9 Å². The number of aromatic nitrogens is 2. The van der Waals surface area contributed by atoms with Gasteiger partial charge in [-0.25, -0.2) is 9.97 Å². The van der Waals surface area contributed by atoms with Gasteiger partial charge in [-0.3, -0.25) is 0 Å². The molecule has 0 unspecified atom stereocenters. The Morgan fingerprint density at radius 1 is 1.26 bits per heavy atom. The van der Waals surface area contributed by atoms with E-state index in [1.54, 1.807) is 17.5 Å². The van der Waals surface area contributed by atoms with Crippen molar-refractivity contribution in [3.8, 4) is 0 Å². The summed E-state index contributed by atoms with van der Waals surface area (Å²) in [6.45, 7) is 2.08. The van der Waals surface area contributed by atoms with Crippen LogP contribution in [0, 0.1) is 0 Å². The van der Waals surface area contributed by atoms with Gasteiger partial charge in [0.05, 0.1) is 5.02 Å². The first-order chi connectivity index (χ1) is 9.31. The predicted octanol–water partition coefficient (Wildman–Crippen LogP) is 3.27. The third kappa shape index (κ3) is 3.16. The number of hydrogen-bond donors (Lipinski definition) is 1. The Hall–Kier alpha value is -1.33. The number of pyridine rings is 1. The minimum atomic E-state index is 0.477. The molecule has 100 valence electrons. The van der Waals surface area contributed by atoms with E-state index in [1.165, 1.54) is 0 Å². The fraction of sp³-hybridized carbons (Fsp3) is 0.385. The quantitative estimate of drug-likeness (QED) is 0.943. The van der Waals surface area contributed by atoms with E-state index in [-0.39, 0.29) is 0 Å². The van der Waals surface area contributed by atoms with Crippen LogP contribution in [0.1, 0.15) is 12.8 Å². The van der Waals surface area contributed by atoms with Crippen LogP contribution in [0.2, 0.25) is 5.02 Å². The van der Waals surface area contributed by atoms with Gasteiger partial charge in [-0.2, -0.15) is 0 Å². The molecule has 1 N–H and O–H groups in total. The smallest absolute Gasteiger partial charge is 0.185 e. The molecular formula is C13H15ClN4S. The van der Waals surface area contributed by atoms with Gasteiger partial charge >= 0.3 is 0 Å². The summed E-state index contributed by atoms with van der Waals surface area (Å²) in [5.41, 5.74) is 0. The van der Waals surface area contributed by atoms with Crippen LogP contribution in [-0.4, -0.2) is 29.1 Å². The SMILES string of the molecule is Clc1ccc(NC2CCN(c3nccs3)CC2)nc1. The average Bonchev–Trinajstić information content (AvgIpc) is 2.96. The van der Waals surface area contributed by atoms with Crippen LogP contribution in [-0.2, 0) is 0 Å². The number of anilines is 2. The molecule has 1 fully saturated rings. The summed E-state index contributed by atoms with van der Waals surface area (Å²) in [5, 5.41) is 7.28. The van der Waals surface area contributed by atoms with Crippen molar-refractivity contribution in [3.63, 3.8) is 0 Å². The van der Waals surface area contributed by atoms with Gasteiger partial charge in [-0.05, 0) is 25.0 Å². The highest BCUT2D eigenvalue weighted by Crippen LogP contribution is 2.23. The maximum Gasteiger partial charge on any atom is 0.185 e. The van der Waals surface area contributed by atoms with E-state index in [4.69, 9.17) is 11.6 Å². The van der Waals surface area contributed by atoms with Gasteiger partial charge in [-0.15, -0.1) is 11.3 Å². The molecule has 19 heavy (non-hydrogen) atoms. The van der Waals surface area contributed by atoms with Crippen LogP contribution >= 0.6 is 22.9 Å². The molecule has 0 bridgehead atoms. The van der Waals surface area contributed by atoms with Crippen LogP contribution in [0.4, 0.5) is 10.9 Å². The second-order valence-electron chi connectivity index (χ2n) is 4.58. The molecule has 3 heterocycles. The minimum absolute atomic E-state index is 0.477. The lowest BCUT2D eigenvalue weighted by Gasteiger charge is -2.32. The normalized spacial score (nSPS) is 16.6. The molecule has 1 aliphatic heterocycles. The first-order valence-electron chi connectivity index (χ1n) is 6.34. The van der Waals surface area contributed by atoms with Gasteiger partial charge < -0.3 is 10.2 Å². The van der Waals surface area contributed by atoms with E-state index in [0.717, 1.165) is 36.9 Å². The molecule has 1 aliphatic rings. The van der Waals surface area contributed by atoms with E-state index in [0.29, 0.717) is 11.1 Å². The maximum atomic E-state index is 5.83. The van der Waals surface area contributed by atoms with Crippen LogP contribution in [0.25, 0.3) is 0 Å². The fourth-order valence-electron chi connectivity index (χ4n) is 2.26. The van der Waals surface area contributed by atoms with Crippen molar-refractivity contribution in [2.24, 2.45) is 0 Å². The molecule has 2 aromatic heterocycles. The Labute approximate surface area is 121 Å². The molecule has 0 amide bonds. The van der Waals surface area contributed by atoms with Gasteiger partial charge in [0.2, 0.25) is 0 Å². The number of nitrogens with zero attached hydrogens (tertiary/aromatic N) is 3. The molecule has 2 aromatic rings. The molecule has 3 rings (SSSR count). The standard InChI is InChI=1S/C13H15ClN4S/c14-10-1-2-12(16-9-10)17-11-3-6-18(7-4-11)13-15-5-8-19-13/h1-2,5,8-9,11H,3-4,6-7H2,(H,16,17). The second-order valence-corrected chi connectivity index (χ2v) is 5.89. The highest BCUT2D eigenvalue weighted by atomic mass is 35.5. The monoisotopic (exact) mass is 294 g/mol. The van der Waals surface area contributed by atoms with Crippen molar-refractivity contribution >= 4 is 33.9 Å². The zero-order chi connectivity index (χ0) is 13.1. The Balaban J connectivity index is 1.54. The molecule has 0 saturated carbocycles. The van der Waals surface area contributed by atoms with Crippen LogP contribution in [0.15, 0.2) is 29.9 Å². The Morgan fingerprint density at radius 2 is 2.11 bits per heavy atom. The fourth-order valence-corrected chi connectivity index (χ4v) is 3.07. The number of rotatable bonds is 3. The number of nitrogens with one attached hydrogen (secondary N) is 1. The topological polar surface area (TPSA) is 41.0 Å². The zero-order valence-corrected chi connectivity index (χ0v) is 12.0. The lowest BCUT2D eigenvalue weighted by molar-refractivity contribution is 0.525. The highest BCUT2D eigenvalue weighted by molar-refractivity contribution is 7.13. The first-order valence-corrected chi connectivity index (χ1v) is 7.59. The minimum Gasteiger partial charge on any atom is -0.367 e. The summed E-state index contributed by atoms with van der Waals surface area (Å²) in [6, 6.07) is 4.27. The van der Waals surface area contributed by atoms with Crippen molar-refractivity contribution in [1.82, 2.24) is 9.97 Å². The zero-order valence-electron chi connectivity index (χ0n) is 10.4. The van der Waals surface area contributed by atoms with Gasteiger partial charge in [0.25, 0.3) is 0 Å². The number of hydrogen-bond acceptors (Lipinski definition) is 5. The molecule has 0 radical (unpaired) electrons. The van der Waals surface area contributed by atoms with E-state index in [2.05, 4.69) is 20.2 Å². The van der Waals surface area contributed by atoms with Gasteiger partial charge in [0.15, 0.2) is 5.13 Å². The number of thiazole rings is 1. The third-order valence-corrected chi connectivity index (χ3v) is 4.32. The van der Waals surface area contributed by atoms with Crippen molar-refractivity contribution in [1.29, 1.82) is 0 Å². The van der Waals surface area contributed by atoms with Crippen molar-refractivity contribution in [3.05, 3.63) is 34.9 Å². The molecule has 0 atom stereocenters. The van der Waals surface area contributed by atoms with Crippen molar-refractivity contribution in [2.75, 3.05) is 23.3 Å². The second kappa shape index (κ2) is 5.75. The number of halogens is 1. The lowest BCUT2D eigenvalue weighted by Crippen LogP contribution is -2.39. The van der Waals surface area contributed by atoms with Gasteiger partial charge in [0.1, 0.15) is 5.82 Å². The summed E-state index contributed by atoms with van der Waals surface area (Å²) >= 11 is 7.53. The Kier molecular flexibility index (Phi) is 3.84. The number of piperidine rings is 1. The van der Waals surface area contributed by atoms with Crippen LogP contribution in [0.3, 0.4) is 0 Å². The summed E-state index contributed by atoms with van der Waals surface area (Å²) in [7, 11) is 0. The first kappa shape index (κ1) is 12.7. The van der Waals surface area contributed by atoms with E-state index in [9.17, 15) is 0 Å². The molecule has 0 aromatic carbocycles. The van der Waals surface area contributed by atoms with E-state index >= 15 is 0 Å². The largest absolute Gasteiger partial charge is 0.367 e. The van der Waals surface area contributed by atoms with Crippen LogP contribution < -0.4 is 10.2 Å². The molecule has 0 spiro atoms. The molecule has 0 aliphatic carbocycles. The molecular weight excluding hydrogens is 280 g/mol. The van der Waals surface area contributed by atoms with E-state index in [1.807, 2.05) is 23.7 Å². The maximum absolute atomic E-state index is 5.83. The van der Waals surface area contributed by atoms with Gasteiger partial charge in [-0.1, -0.05) is 11.6 Å². The van der Waals surface area contributed by atoms with Gasteiger partial charge in [0, 0.05) is 36.9 Å². The molecule has 1 saturated heterocycles.